The summed E-state index contributed by atoms with van der Waals surface area (Å²) in [6.07, 6.45) is 3.13. The van der Waals surface area contributed by atoms with Crippen LogP contribution in [0.4, 0.5) is 11.7 Å². The Labute approximate surface area is 108 Å². The number of oxazole rings is 1. The van der Waals surface area contributed by atoms with Crippen molar-refractivity contribution in [2.75, 3.05) is 11.1 Å². The Kier molecular flexibility index (Phi) is 3.45. The van der Waals surface area contributed by atoms with Crippen molar-refractivity contribution >= 4 is 22.8 Å². The summed E-state index contributed by atoms with van der Waals surface area (Å²) in [6.45, 7) is 6.54. The summed E-state index contributed by atoms with van der Waals surface area (Å²) in [4.78, 5) is 4.44. The fourth-order valence-electron chi connectivity index (χ4n) is 2.24. The number of benzene rings is 1. The molecule has 2 aromatic rings. The van der Waals surface area contributed by atoms with Crippen molar-refractivity contribution in [1.29, 1.82) is 0 Å². The Morgan fingerprint density at radius 1 is 1.22 bits per heavy atom. The number of nitrogens with zero attached hydrogens (tertiary/aromatic N) is 1. The molecule has 0 saturated carbocycles. The molecule has 0 bridgehead atoms. The highest BCUT2D eigenvalue weighted by atomic mass is 16.4. The minimum Gasteiger partial charge on any atom is -0.424 e. The first kappa shape index (κ1) is 12.7. The molecule has 1 aromatic carbocycles. The lowest BCUT2D eigenvalue weighted by atomic mass is 9.90. The molecule has 3 N–H and O–H groups in total. The third-order valence-electron chi connectivity index (χ3n) is 3.81. The van der Waals surface area contributed by atoms with E-state index in [1.54, 1.807) is 0 Å². The zero-order chi connectivity index (χ0) is 13.2. The molecule has 0 saturated heterocycles. The van der Waals surface area contributed by atoms with Gasteiger partial charge in [-0.2, -0.15) is 4.98 Å². The first-order valence-corrected chi connectivity index (χ1v) is 6.56. The molecule has 0 aliphatic carbocycles. The first-order chi connectivity index (χ1) is 8.62. The van der Waals surface area contributed by atoms with E-state index in [4.69, 9.17) is 10.2 Å². The number of hydrogen-bond acceptors (Lipinski definition) is 4. The van der Waals surface area contributed by atoms with Crippen molar-refractivity contribution in [3.05, 3.63) is 18.2 Å². The second-order valence-corrected chi connectivity index (χ2v) is 4.71. The van der Waals surface area contributed by atoms with Gasteiger partial charge in [-0.25, -0.2) is 0 Å². The lowest BCUT2D eigenvalue weighted by Gasteiger charge is -2.30. The Morgan fingerprint density at radius 3 is 2.50 bits per heavy atom. The van der Waals surface area contributed by atoms with Crippen LogP contribution in [0.25, 0.3) is 11.1 Å². The minimum atomic E-state index is 0.0619. The highest BCUT2D eigenvalue weighted by Crippen LogP contribution is 2.28. The van der Waals surface area contributed by atoms with Crippen LogP contribution in [0.15, 0.2) is 22.6 Å². The third-order valence-corrected chi connectivity index (χ3v) is 3.81. The largest absolute Gasteiger partial charge is 0.424 e. The van der Waals surface area contributed by atoms with E-state index in [-0.39, 0.29) is 5.54 Å². The smallest absolute Gasteiger partial charge is 0.296 e. The second-order valence-electron chi connectivity index (χ2n) is 4.71. The van der Waals surface area contributed by atoms with Crippen LogP contribution in [0.2, 0.25) is 0 Å². The molecule has 1 aromatic heterocycles. The van der Waals surface area contributed by atoms with Crippen LogP contribution in [-0.2, 0) is 0 Å². The average molecular weight is 247 g/mol. The van der Waals surface area contributed by atoms with Crippen molar-refractivity contribution in [3.63, 3.8) is 0 Å². The van der Waals surface area contributed by atoms with Gasteiger partial charge in [-0.15, -0.1) is 0 Å². The molecule has 0 aliphatic rings. The van der Waals surface area contributed by atoms with Gasteiger partial charge >= 0.3 is 0 Å². The molecule has 4 heteroatoms. The maximum atomic E-state index is 5.74. The number of nitrogens with two attached hydrogens (primary N) is 1. The number of rotatable bonds is 5. The molecule has 0 unspecified atom stereocenters. The maximum absolute atomic E-state index is 5.74. The van der Waals surface area contributed by atoms with E-state index in [0.29, 0.717) is 11.7 Å². The van der Waals surface area contributed by atoms with Crippen LogP contribution in [0.1, 0.15) is 40.0 Å². The van der Waals surface area contributed by atoms with Gasteiger partial charge in [0.15, 0.2) is 5.58 Å². The topological polar surface area (TPSA) is 64.1 Å². The molecule has 18 heavy (non-hydrogen) atoms. The zero-order valence-corrected chi connectivity index (χ0v) is 11.3. The summed E-state index contributed by atoms with van der Waals surface area (Å²) in [7, 11) is 0. The molecular formula is C14H21N3O. The van der Waals surface area contributed by atoms with Gasteiger partial charge in [-0.3, -0.25) is 0 Å². The summed E-state index contributed by atoms with van der Waals surface area (Å²) in [5.41, 5.74) is 8.07. The van der Waals surface area contributed by atoms with Gasteiger partial charge in [0.1, 0.15) is 5.52 Å². The number of nitrogens with one attached hydrogen (secondary N) is 1. The Balaban J connectivity index is 2.31. The predicted molar refractivity (Wildman–Crippen MR) is 75.6 cm³/mol. The van der Waals surface area contributed by atoms with Gasteiger partial charge < -0.3 is 15.5 Å². The van der Waals surface area contributed by atoms with Crippen molar-refractivity contribution < 1.29 is 4.42 Å². The van der Waals surface area contributed by atoms with Crippen LogP contribution >= 0.6 is 0 Å². The summed E-state index contributed by atoms with van der Waals surface area (Å²) in [6, 6.07) is 6.09. The lowest BCUT2D eigenvalue weighted by Crippen LogP contribution is -2.36. The van der Waals surface area contributed by atoms with Crippen molar-refractivity contribution in [3.8, 4) is 0 Å². The van der Waals surface area contributed by atoms with Crippen LogP contribution in [0, 0.1) is 0 Å². The molecule has 0 aliphatic heterocycles. The Hall–Kier alpha value is -1.71. The van der Waals surface area contributed by atoms with Crippen LogP contribution in [0.5, 0.6) is 0 Å². The van der Waals surface area contributed by atoms with Crippen molar-refractivity contribution in [2.45, 2.75) is 45.6 Å². The molecular weight excluding hydrogens is 226 g/mol. The maximum Gasteiger partial charge on any atom is 0.296 e. The Morgan fingerprint density at radius 2 is 1.89 bits per heavy atom. The molecule has 0 fully saturated rings. The molecule has 0 radical (unpaired) electrons. The monoisotopic (exact) mass is 247 g/mol. The van der Waals surface area contributed by atoms with Gasteiger partial charge in [-0.1, -0.05) is 20.8 Å². The molecule has 98 valence electrons. The second kappa shape index (κ2) is 4.88. The fraction of sp³-hybridized carbons (Fsp3) is 0.500. The SMILES string of the molecule is CCC(CC)(CC)Nc1nc2cc(N)ccc2o1. The molecule has 1 heterocycles. The van der Waals surface area contributed by atoms with Gasteiger partial charge in [0.25, 0.3) is 6.01 Å². The number of fused-ring (bicyclic) bond motifs is 1. The van der Waals surface area contributed by atoms with Crippen LogP contribution in [0.3, 0.4) is 0 Å². The molecule has 0 spiro atoms. The summed E-state index contributed by atoms with van der Waals surface area (Å²) in [5, 5.41) is 3.43. The fourth-order valence-corrected chi connectivity index (χ4v) is 2.24. The summed E-state index contributed by atoms with van der Waals surface area (Å²) >= 11 is 0. The van der Waals surface area contributed by atoms with Gasteiger partial charge in [-0.05, 0) is 37.5 Å². The number of aromatic nitrogens is 1. The standard InChI is InChI=1S/C14H21N3O/c1-4-14(5-2,6-3)17-13-16-11-9-10(15)7-8-12(11)18-13/h7-9H,4-6,15H2,1-3H3,(H,16,17). The zero-order valence-electron chi connectivity index (χ0n) is 11.3. The molecule has 0 atom stereocenters. The van der Waals surface area contributed by atoms with E-state index in [1.807, 2.05) is 18.2 Å². The highest BCUT2D eigenvalue weighted by molar-refractivity contribution is 5.78. The van der Waals surface area contributed by atoms with Gasteiger partial charge in [0, 0.05) is 11.2 Å². The molecule has 2 rings (SSSR count). The van der Waals surface area contributed by atoms with E-state index >= 15 is 0 Å². The molecule has 4 nitrogen and oxygen atoms in total. The van der Waals surface area contributed by atoms with E-state index in [1.165, 1.54) is 0 Å². The molecule has 0 amide bonds. The van der Waals surface area contributed by atoms with Crippen molar-refractivity contribution in [1.82, 2.24) is 4.98 Å². The number of nitrogen functional groups attached to an aromatic ring is 1. The van der Waals surface area contributed by atoms with Gasteiger partial charge in [0.05, 0.1) is 0 Å². The van der Waals surface area contributed by atoms with Gasteiger partial charge in [0.2, 0.25) is 0 Å². The predicted octanol–water partition coefficient (Wildman–Crippen LogP) is 3.79. The van der Waals surface area contributed by atoms with E-state index < -0.39 is 0 Å². The minimum absolute atomic E-state index is 0.0619. The highest BCUT2D eigenvalue weighted by Gasteiger charge is 2.25. The number of hydrogen-bond donors (Lipinski definition) is 2. The third kappa shape index (κ3) is 2.28. The lowest BCUT2D eigenvalue weighted by molar-refractivity contribution is 0.405. The normalized spacial score (nSPS) is 11.9. The van der Waals surface area contributed by atoms with E-state index in [9.17, 15) is 0 Å². The Bertz CT molecular complexity index is 521. The summed E-state index contributed by atoms with van der Waals surface area (Å²) in [5.74, 6) is 0. The summed E-state index contributed by atoms with van der Waals surface area (Å²) < 4.78 is 5.71. The average Bonchev–Trinajstić information content (AvgIpc) is 2.77. The number of anilines is 2. The van der Waals surface area contributed by atoms with Crippen molar-refractivity contribution in [2.24, 2.45) is 0 Å². The van der Waals surface area contributed by atoms with E-state index in [2.05, 4.69) is 31.1 Å². The first-order valence-electron chi connectivity index (χ1n) is 6.56. The van der Waals surface area contributed by atoms with E-state index in [0.717, 1.165) is 30.4 Å². The quantitative estimate of drug-likeness (QED) is 0.789. The van der Waals surface area contributed by atoms with Crippen LogP contribution < -0.4 is 11.1 Å². The van der Waals surface area contributed by atoms with Crippen LogP contribution in [-0.4, -0.2) is 10.5 Å².